The van der Waals surface area contributed by atoms with E-state index in [1.165, 1.54) is 0 Å². The number of hydrogen-bond acceptors (Lipinski definition) is 3. The Bertz CT molecular complexity index is 508. The Morgan fingerprint density at radius 3 is 2.52 bits per heavy atom. The van der Waals surface area contributed by atoms with Crippen LogP contribution in [0.1, 0.15) is 18.9 Å². The molecule has 1 heterocycles. The third kappa shape index (κ3) is 4.86. The van der Waals surface area contributed by atoms with E-state index in [9.17, 15) is 9.59 Å². The van der Waals surface area contributed by atoms with Crippen LogP contribution in [0.25, 0.3) is 0 Å². The molecular weight excluding hydrogens is 266 g/mol. The van der Waals surface area contributed by atoms with Gasteiger partial charge in [-0.2, -0.15) is 0 Å². The topological polar surface area (TPSA) is 52.7 Å². The molecule has 1 saturated heterocycles. The van der Waals surface area contributed by atoms with Gasteiger partial charge in [0.2, 0.25) is 11.8 Å². The molecule has 1 aromatic carbocycles. The molecule has 1 fully saturated rings. The number of nitrogens with one attached hydrogen (secondary N) is 1. The molecule has 114 valence electrons. The van der Waals surface area contributed by atoms with Crippen molar-refractivity contribution in [2.45, 2.75) is 20.3 Å². The summed E-state index contributed by atoms with van der Waals surface area (Å²) in [7, 11) is 0. The highest BCUT2D eigenvalue weighted by atomic mass is 16.2. The Hall–Kier alpha value is -1.88. The summed E-state index contributed by atoms with van der Waals surface area (Å²) in [6.07, 6.45) is 0.480. The van der Waals surface area contributed by atoms with Crippen molar-refractivity contribution in [2.75, 3.05) is 38.0 Å². The fourth-order valence-electron chi connectivity index (χ4n) is 2.49. The molecule has 2 rings (SSSR count). The number of hydrogen-bond donors (Lipinski definition) is 1. The second-order valence-corrected chi connectivity index (χ2v) is 5.52. The lowest BCUT2D eigenvalue weighted by atomic mass is 10.2. The van der Waals surface area contributed by atoms with E-state index < -0.39 is 0 Å². The number of carbonyl (C=O) groups is 2. The zero-order valence-electron chi connectivity index (χ0n) is 12.8. The van der Waals surface area contributed by atoms with Crippen LogP contribution in [0, 0.1) is 6.92 Å². The third-order valence-corrected chi connectivity index (χ3v) is 3.77. The first kappa shape index (κ1) is 15.5. The van der Waals surface area contributed by atoms with Crippen molar-refractivity contribution in [1.82, 2.24) is 9.80 Å². The molecule has 0 spiro atoms. The molecule has 0 atom stereocenters. The van der Waals surface area contributed by atoms with Crippen LogP contribution in [0.15, 0.2) is 24.3 Å². The largest absolute Gasteiger partial charge is 0.340 e. The van der Waals surface area contributed by atoms with Crippen molar-refractivity contribution in [3.05, 3.63) is 29.8 Å². The second-order valence-electron chi connectivity index (χ2n) is 5.52. The van der Waals surface area contributed by atoms with Crippen LogP contribution in [0.5, 0.6) is 0 Å². The van der Waals surface area contributed by atoms with Crippen LogP contribution in [-0.4, -0.2) is 54.3 Å². The molecule has 0 bridgehead atoms. The summed E-state index contributed by atoms with van der Waals surface area (Å²) in [6, 6.07) is 7.80. The Morgan fingerprint density at radius 2 is 1.90 bits per heavy atom. The molecule has 1 aliphatic heterocycles. The molecule has 0 saturated carbocycles. The Labute approximate surface area is 125 Å². The van der Waals surface area contributed by atoms with Gasteiger partial charge in [-0.3, -0.25) is 14.5 Å². The van der Waals surface area contributed by atoms with E-state index >= 15 is 0 Å². The summed E-state index contributed by atoms with van der Waals surface area (Å²) in [5.74, 6) is 0.168. The summed E-state index contributed by atoms with van der Waals surface area (Å²) >= 11 is 0. The lowest BCUT2D eigenvalue weighted by molar-refractivity contribution is -0.130. The number of aryl methyl sites for hydroxylation is 1. The van der Waals surface area contributed by atoms with Gasteiger partial charge in [0.25, 0.3) is 0 Å². The van der Waals surface area contributed by atoms with E-state index in [0.717, 1.165) is 44.0 Å². The summed E-state index contributed by atoms with van der Waals surface area (Å²) in [6.45, 7) is 7.55. The van der Waals surface area contributed by atoms with Crippen LogP contribution in [-0.2, 0) is 9.59 Å². The molecule has 2 amide bonds. The molecular formula is C16H23N3O2. The Balaban J connectivity index is 1.71. The first-order valence-corrected chi connectivity index (χ1v) is 7.39. The third-order valence-electron chi connectivity index (χ3n) is 3.77. The number of nitrogens with zero attached hydrogens (tertiary/aromatic N) is 2. The van der Waals surface area contributed by atoms with Gasteiger partial charge in [0.15, 0.2) is 0 Å². The van der Waals surface area contributed by atoms with Crippen LogP contribution in [0.3, 0.4) is 0 Å². The maximum Gasteiger partial charge on any atom is 0.225 e. The lowest BCUT2D eigenvalue weighted by Crippen LogP contribution is -2.48. The number of anilines is 1. The quantitative estimate of drug-likeness (QED) is 0.913. The second kappa shape index (κ2) is 7.22. The molecule has 1 aromatic rings. The van der Waals surface area contributed by atoms with E-state index in [2.05, 4.69) is 10.2 Å². The first-order chi connectivity index (χ1) is 10.0. The van der Waals surface area contributed by atoms with Crippen LogP contribution < -0.4 is 5.32 Å². The molecule has 1 aliphatic rings. The van der Waals surface area contributed by atoms with Gasteiger partial charge in [-0.05, 0) is 24.6 Å². The predicted octanol–water partition coefficient (Wildman–Crippen LogP) is 1.49. The van der Waals surface area contributed by atoms with Gasteiger partial charge in [0, 0.05) is 51.8 Å². The minimum absolute atomic E-state index is 0.0367. The molecule has 0 unspecified atom stereocenters. The molecule has 5 nitrogen and oxygen atoms in total. The zero-order valence-corrected chi connectivity index (χ0v) is 12.8. The molecule has 0 aromatic heterocycles. The minimum Gasteiger partial charge on any atom is -0.340 e. The molecule has 0 radical (unpaired) electrons. The van der Waals surface area contributed by atoms with Gasteiger partial charge >= 0.3 is 0 Å². The Morgan fingerprint density at radius 1 is 1.19 bits per heavy atom. The molecule has 5 heteroatoms. The highest BCUT2D eigenvalue weighted by molar-refractivity contribution is 5.90. The molecule has 21 heavy (non-hydrogen) atoms. The average molecular weight is 289 g/mol. The van der Waals surface area contributed by atoms with E-state index in [0.29, 0.717) is 6.42 Å². The first-order valence-electron chi connectivity index (χ1n) is 7.39. The monoisotopic (exact) mass is 289 g/mol. The fraction of sp³-hybridized carbons (Fsp3) is 0.500. The van der Waals surface area contributed by atoms with E-state index in [-0.39, 0.29) is 11.8 Å². The standard InChI is InChI=1S/C16H23N3O2/c1-13-4-3-5-15(12-13)17-16(21)6-7-18-8-10-19(11-9-18)14(2)20/h3-5,12H,6-11H2,1-2H3,(H,17,21). The smallest absolute Gasteiger partial charge is 0.225 e. The highest BCUT2D eigenvalue weighted by Crippen LogP contribution is 2.10. The summed E-state index contributed by atoms with van der Waals surface area (Å²) in [4.78, 5) is 27.3. The summed E-state index contributed by atoms with van der Waals surface area (Å²) < 4.78 is 0. The summed E-state index contributed by atoms with van der Waals surface area (Å²) in [5, 5.41) is 2.92. The predicted molar refractivity (Wildman–Crippen MR) is 83.1 cm³/mol. The van der Waals surface area contributed by atoms with Crippen molar-refractivity contribution in [3.63, 3.8) is 0 Å². The van der Waals surface area contributed by atoms with Crippen molar-refractivity contribution in [1.29, 1.82) is 0 Å². The lowest BCUT2D eigenvalue weighted by Gasteiger charge is -2.34. The molecule has 0 aliphatic carbocycles. The number of benzene rings is 1. The van der Waals surface area contributed by atoms with Gasteiger partial charge in [0.05, 0.1) is 0 Å². The fourth-order valence-corrected chi connectivity index (χ4v) is 2.49. The number of amides is 2. The van der Waals surface area contributed by atoms with Crippen molar-refractivity contribution >= 4 is 17.5 Å². The number of rotatable bonds is 4. The SMILES string of the molecule is CC(=O)N1CCN(CCC(=O)Nc2cccc(C)c2)CC1. The van der Waals surface area contributed by atoms with E-state index in [1.54, 1.807) is 6.92 Å². The summed E-state index contributed by atoms with van der Waals surface area (Å²) in [5.41, 5.74) is 1.98. The highest BCUT2D eigenvalue weighted by Gasteiger charge is 2.18. The maximum atomic E-state index is 11.9. The van der Waals surface area contributed by atoms with Gasteiger partial charge < -0.3 is 10.2 Å². The van der Waals surface area contributed by atoms with Crippen LogP contribution in [0.4, 0.5) is 5.69 Å². The number of piperazine rings is 1. The average Bonchev–Trinajstić information content (AvgIpc) is 2.45. The maximum absolute atomic E-state index is 11.9. The van der Waals surface area contributed by atoms with Crippen LogP contribution in [0.2, 0.25) is 0 Å². The van der Waals surface area contributed by atoms with E-state index in [4.69, 9.17) is 0 Å². The van der Waals surface area contributed by atoms with E-state index in [1.807, 2.05) is 36.1 Å². The van der Waals surface area contributed by atoms with Crippen molar-refractivity contribution in [2.24, 2.45) is 0 Å². The normalized spacial score (nSPS) is 15.8. The molecule has 1 N–H and O–H groups in total. The van der Waals surface area contributed by atoms with Crippen LogP contribution >= 0.6 is 0 Å². The zero-order chi connectivity index (χ0) is 15.2. The van der Waals surface area contributed by atoms with Gasteiger partial charge in [-0.1, -0.05) is 12.1 Å². The Kier molecular flexibility index (Phi) is 5.33. The van der Waals surface area contributed by atoms with Crippen molar-refractivity contribution in [3.8, 4) is 0 Å². The van der Waals surface area contributed by atoms with Gasteiger partial charge in [-0.25, -0.2) is 0 Å². The van der Waals surface area contributed by atoms with Gasteiger partial charge in [0.1, 0.15) is 0 Å². The van der Waals surface area contributed by atoms with Gasteiger partial charge in [-0.15, -0.1) is 0 Å². The van der Waals surface area contributed by atoms with Crippen molar-refractivity contribution < 1.29 is 9.59 Å². The number of carbonyl (C=O) groups excluding carboxylic acids is 2. The minimum atomic E-state index is 0.0367.